The summed E-state index contributed by atoms with van der Waals surface area (Å²) in [6.45, 7) is 1.22. The Hall–Kier alpha value is -1.59. The molecule has 0 heterocycles. The lowest BCUT2D eigenvalue weighted by Crippen LogP contribution is -2.39. The number of nitrogens with one attached hydrogen (secondary N) is 1. The number of methoxy groups -OCH3 is 1. The number of hydrogen-bond acceptors (Lipinski definition) is 4. The Kier molecular flexibility index (Phi) is 5.28. The van der Waals surface area contributed by atoms with Gasteiger partial charge in [0, 0.05) is 13.3 Å². The molecule has 6 heteroatoms. The summed E-state index contributed by atoms with van der Waals surface area (Å²) in [5.74, 6) is -2.10. The molecular weight excluding hydrogens is 190 g/mol. The van der Waals surface area contributed by atoms with E-state index in [2.05, 4.69) is 10.1 Å². The fourth-order valence-corrected chi connectivity index (χ4v) is 0.867. The molecule has 0 aromatic carbocycles. The molecule has 0 aliphatic heterocycles. The molecule has 0 spiro atoms. The summed E-state index contributed by atoms with van der Waals surface area (Å²) < 4.78 is 4.34. The van der Waals surface area contributed by atoms with Gasteiger partial charge in [-0.2, -0.15) is 0 Å². The van der Waals surface area contributed by atoms with Gasteiger partial charge in [-0.15, -0.1) is 0 Å². The van der Waals surface area contributed by atoms with Crippen LogP contribution in [0.2, 0.25) is 0 Å². The molecule has 0 aromatic heterocycles. The first-order valence-corrected chi connectivity index (χ1v) is 4.04. The minimum absolute atomic E-state index is 0.0294. The quantitative estimate of drug-likeness (QED) is 0.589. The highest BCUT2D eigenvalue weighted by Gasteiger charge is 2.19. The van der Waals surface area contributed by atoms with Crippen LogP contribution in [0, 0.1) is 0 Å². The lowest BCUT2D eigenvalue weighted by Gasteiger charge is -2.11. The van der Waals surface area contributed by atoms with E-state index in [9.17, 15) is 14.4 Å². The number of esters is 1. The molecule has 0 aliphatic rings. The van der Waals surface area contributed by atoms with Crippen molar-refractivity contribution in [3.8, 4) is 0 Å². The molecule has 0 bridgehead atoms. The molecule has 0 aromatic rings. The lowest BCUT2D eigenvalue weighted by atomic mass is 10.1. The third-order valence-electron chi connectivity index (χ3n) is 1.54. The number of hydrogen-bond donors (Lipinski definition) is 2. The maximum Gasteiger partial charge on any atom is 0.326 e. The molecule has 80 valence electrons. The third kappa shape index (κ3) is 5.13. The van der Waals surface area contributed by atoms with Gasteiger partial charge in [0.05, 0.1) is 7.11 Å². The minimum atomic E-state index is -1.16. The van der Waals surface area contributed by atoms with E-state index < -0.39 is 23.9 Å². The van der Waals surface area contributed by atoms with Crippen LogP contribution < -0.4 is 5.32 Å². The van der Waals surface area contributed by atoms with Gasteiger partial charge in [0.25, 0.3) is 0 Å². The van der Waals surface area contributed by atoms with Crippen LogP contribution in [0.3, 0.4) is 0 Å². The van der Waals surface area contributed by atoms with E-state index in [1.54, 1.807) is 0 Å². The topological polar surface area (TPSA) is 92.7 Å². The highest BCUT2D eigenvalue weighted by Crippen LogP contribution is 1.99. The van der Waals surface area contributed by atoms with Gasteiger partial charge in [0.1, 0.15) is 6.04 Å². The second-order valence-corrected chi connectivity index (χ2v) is 2.71. The van der Waals surface area contributed by atoms with Crippen molar-refractivity contribution in [2.45, 2.75) is 25.8 Å². The Bertz CT molecular complexity index is 238. The van der Waals surface area contributed by atoms with Crippen molar-refractivity contribution in [1.82, 2.24) is 5.32 Å². The lowest BCUT2D eigenvalue weighted by molar-refractivity contribution is -0.143. The Morgan fingerprint density at radius 2 is 2.00 bits per heavy atom. The number of aliphatic carboxylic acids is 1. The van der Waals surface area contributed by atoms with Crippen molar-refractivity contribution in [1.29, 1.82) is 0 Å². The first-order valence-electron chi connectivity index (χ1n) is 4.04. The van der Waals surface area contributed by atoms with Crippen LogP contribution in [-0.2, 0) is 19.1 Å². The Morgan fingerprint density at radius 3 is 2.36 bits per heavy atom. The molecule has 14 heavy (non-hydrogen) atoms. The van der Waals surface area contributed by atoms with E-state index in [-0.39, 0.29) is 12.8 Å². The number of carboxylic acid groups (broad SMARTS) is 1. The van der Waals surface area contributed by atoms with E-state index in [1.807, 2.05) is 0 Å². The highest BCUT2D eigenvalue weighted by molar-refractivity contribution is 5.82. The number of ether oxygens (including phenoxy) is 1. The van der Waals surface area contributed by atoms with Crippen molar-refractivity contribution in [2.75, 3.05) is 7.11 Å². The second-order valence-electron chi connectivity index (χ2n) is 2.71. The number of carboxylic acids is 1. The van der Waals surface area contributed by atoms with E-state index >= 15 is 0 Å². The number of carbonyl (C=O) groups is 3. The summed E-state index contributed by atoms with van der Waals surface area (Å²) in [4.78, 5) is 31.8. The van der Waals surface area contributed by atoms with Crippen molar-refractivity contribution < 1.29 is 24.2 Å². The predicted octanol–water partition coefficient (Wildman–Crippen LogP) is -0.471. The summed E-state index contributed by atoms with van der Waals surface area (Å²) in [5, 5.41) is 10.9. The Labute approximate surface area is 81.2 Å². The SMILES string of the molecule is COC(=O)CCC(NC(C)=O)C(=O)O. The standard InChI is InChI=1S/C8H13NO5/c1-5(10)9-6(8(12)13)3-4-7(11)14-2/h6H,3-4H2,1-2H3,(H,9,10)(H,12,13). The van der Waals surface area contributed by atoms with Crippen LogP contribution >= 0.6 is 0 Å². The molecule has 6 nitrogen and oxygen atoms in total. The summed E-state index contributed by atoms with van der Waals surface area (Å²) in [6, 6.07) is -1.04. The largest absolute Gasteiger partial charge is 0.480 e. The van der Waals surface area contributed by atoms with Gasteiger partial charge in [0.15, 0.2) is 0 Å². The molecule has 0 saturated carbocycles. The van der Waals surface area contributed by atoms with Crippen molar-refractivity contribution >= 4 is 17.8 Å². The molecule has 1 amide bonds. The molecular formula is C8H13NO5. The molecule has 2 N–H and O–H groups in total. The first-order chi connectivity index (χ1) is 6.47. The second kappa shape index (κ2) is 5.95. The van der Waals surface area contributed by atoms with Crippen LogP contribution in [0.4, 0.5) is 0 Å². The molecule has 0 fully saturated rings. The molecule has 1 unspecified atom stereocenters. The summed E-state index contributed by atoms with van der Waals surface area (Å²) >= 11 is 0. The number of carbonyl (C=O) groups excluding carboxylic acids is 2. The number of rotatable bonds is 5. The summed E-state index contributed by atoms with van der Waals surface area (Å²) in [5.41, 5.74) is 0. The number of amides is 1. The zero-order valence-corrected chi connectivity index (χ0v) is 8.07. The fraction of sp³-hybridized carbons (Fsp3) is 0.625. The summed E-state index contributed by atoms with van der Waals surface area (Å²) in [7, 11) is 1.22. The van der Waals surface area contributed by atoms with Gasteiger partial charge in [-0.3, -0.25) is 9.59 Å². The highest BCUT2D eigenvalue weighted by atomic mass is 16.5. The predicted molar refractivity (Wildman–Crippen MR) is 46.5 cm³/mol. The maximum absolute atomic E-state index is 10.7. The monoisotopic (exact) mass is 203 g/mol. The van der Waals surface area contributed by atoms with Crippen molar-refractivity contribution in [3.05, 3.63) is 0 Å². The van der Waals surface area contributed by atoms with E-state index in [4.69, 9.17) is 5.11 Å². The molecule has 1 atom stereocenters. The molecule has 0 rings (SSSR count). The zero-order chi connectivity index (χ0) is 11.1. The van der Waals surface area contributed by atoms with E-state index in [1.165, 1.54) is 14.0 Å². The van der Waals surface area contributed by atoms with Crippen LogP contribution in [-0.4, -0.2) is 36.1 Å². The van der Waals surface area contributed by atoms with Crippen LogP contribution in [0.15, 0.2) is 0 Å². The zero-order valence-electron chi connectivity index (χ0n) is 8.07. The van der Waals surface area contributed by atoms with Crippen molar-refractivity contribution in [2.24, 2.45) is 0 Å². The average molecular weight is 203 g/mol. The fourth-order valence-electron chi connectivity index (χ4n) is 0.867. The average Bonchev–Trinajstić information content (AvgIpc) is 2.10. The van der Waals surface area contributed by atoms with Gasteiger partial charge < -0.3 is 15.2 Å². The Morgan fingerprint density at radius 1 is 1.43 bits per heavy atom. The minimum Gasteiger partial charge on any atom is -0.480 e. The first kappa shape index (κ1) is 12.4. The van der Waals surface area contributed by atoms with Crippen LogP contribution in [0.25, 0.3) is 0 Å². The van der Waals surface area contributed by atoms with Gasteiger partial charge in [-0.1, -0.05) is 0 Å². The van der Waals surface area contributed by atoms with Crippen LogP contribution in [0.1, 0.15) is 19.8 Å². The van der Waals surface area contributed by atoms with Crippen LogP contribution in [0.5, 0.6) is 0 Å². The molecule has 0 radical (unpaired) electrons. The van der Waals surface area contributed by atoms with E-state index in [0.29, 0.717) is 0 Å². The normalized spacial score (nSPS) is 11.6. The van der Waals surface area contributed by atoms with Gasteiger partial charge in [-0.25, -0.2) is 4.79 Å². The Balaban J connectivity index is 4.04. The maximum atomic E-state index is 10.7. The van der Waals surface area contributed by atoms with Crippen molar-refractivity contribution in [3.63, 3.8) is 0 Å². The summed E-state index contributed by atoms with van der Waals surface area (Å²) in [6.07, 6.45) is -0.00463. The third-order valence-corrected chi connectivity index (χ3v) is 1.54. The van der Waals surface area contributed by atoms with Gasteiger partial charge in [-0.05, 0) is 6.42 Å². The van der Waals surface area contributed by atoms with Gasteiger partial charge >= 0.3 is 11.9 Å². The molecule has 0 aliphatic carbocycles. The van der Waals surface area contributed by atoms with E-state index in [0.717, 1.165) is 0 Å². The smallest absolute Gasteiger partial charge is 0.326 e. The van der Waals surface area contributed by atoms with Gasteiger partial charge in [0.2, 0.25) is 5.91 Å². The molecule has 0 saturated heterocycles.